The van der Waals surface area contributed by atoms with Gasteiger partial charge >= 0.3 is 0 Å². The molecule has 0 saturated heterocycles. The number of benzene rings is 1. The van der Waals surface area contributed by atoms with Crippen molar-refractivity contribution in [2.24, 2.45) is 0 Å². The van der Waals surface area contributed by atoms with Gasteiger partial charge in [-0.1, -0.05) is 12.1 Å². The van der Waals surface area contributed by atoms with E-state index >= 15 is 0 Å². The Morgan fingerprint density at radius 1 is 1.15 bits per heavy atom. The molecule has 0 aliphatic heterocycles. The highest BCUT2D eigenvalue weighted by atomic mass is 32.2. The molecule has 0 aliphatic carbocycles. The molecule has 3 aromatic rings. The van der Waals surface area contributed by atoms with Gasteiger partial charge in [0.05, 0.1) is 17.1 Å². The summed E-state index contributed by atoms with van der Waals surface area (Å²) in [4.78, 5) is 16.4. The zero-order chi connectivity index (χ0) is 18.5. The lowest BCUT2D eigenvalue weighted by Crippen LogP contribution is -2.17. The Kier molecular flexibility index (Phi) is 5.73. The van der Waals surface area contributed by atoms with E-state index in [4.69, 9.17) is 0 Å². The maximum atomic E-state index is 12.3. The molecule has 2 heterocycles. The molecule has 1 N–H and O–H groups in total. The second-order valence-corrected chi connectivity index (χ2v) is 7.32. The summed E-state index contributed by atoms with van der Waals surface area (Å²) < 4.78 is 1.79. The van der Waals surface area contributed by atoms with Crippen LogP contribution in [0, 0.1) is 20.8 Å². The Bertz CT molecular complexity index is 885. The van der Waals surface area contributed by atoms with Crippen LogP contribution in [0.1, 0.15) is 22.4 Å². The maximum Gasteiger partial charge on any atom is 0.235 e. The SMILES string of the molecule is Cc1cc(C)cc(-n2nc(C)cc2NC(=O)CSCc2cccnc2)c1. The number of anilines is 1. The highest BCUT2D eigenvalue weighted by Crippen LogP contribution is 2.20. The fraction of sp³-hybridized carbons (Fsp3) is 0.250. The van der Waals surface area contributed by atoms with Crippen molar-refractivity contribution in [2.75, 3.05) is 11.1 Å². The second-order valence-electron chi connectivity index (χ2n) is 6.33. The third-order valence-corrected chi connectivity index (χ3v) is 4.78. The Hall–Kier alpha value is -2.60. The van der Waals surface area contributed by atoms with E-state index < -0.39 is 0 Å². The summed E-state index contributed by atoms with van der Waals surface area (Å²) in [5.74, 6) is 1.80. The molecule has 0 bridgehead atoms. The third kappa shape index (κ3) is 4.73. The highest BCUT2D eigenvalue weighted by Gasteiger charge is 2.12. The van der Waals surface area contributed by atoms with E-state index in [2.05, 4.69) is 47.4 Å². The van der Waals surface area contributed by atoms with E-state index in [0.717, 1.165) is 33.8 Å². The monoisotopic (exact) mass is 366 g/mol. The molecule has 134 valence electrons. The second kappa shape index (κ2) is 8.19. The van der Waals surface area contributed by atoms with Gasteiger partial charge in [-0.25, -0.2) is 4.68 Å². The molecule has 3 rings (SSSR count). The fourth-order valence-electron chi connectivity index (χ4n) is 2.78. The average molecular weight is 366 g/mol. The fourth-order valence-corrected chi connectivity index (χ4v) is 3.55. The number of rotatable bonds is 6. The van der Waals surface area contributed by atoms with Crippen LogP contribution in [0.2, 0.25) is 0 Å². The van der Waals surface area contributed by atoms with Crippen LogP contribution in [0.3, 0.4) is 0 Å². The minimum absolute atomic E-state index is 0.0376. The van der Waals surface area contributed by atoms with E-state index in [1.165, 1.54) is 0 Å². The van der Waals surface area contributed by atoms with Crippen LogP contribution in [-0.4, -0.2) is 26.4 Å². The van der Waals surface area contributed by atoms with E-state index in [-0.39, 0.29) is 5.91 Å². The Morgan fingerprint density at radius 3 is 2.62 bits per heavy atom. The highest BCUT2D eigenvalue weighted by molar-refractivity contribution is 7.99. The van der Waals surface area contributed by atoms with Gasteiger partial charge in [0.1, 0.15) is 5.82 Å². The van der Waals surface area contributed by atoms with E-state index in [9.17, 15) is 4.79 Å². The normalized spacial score (nSPS) is 10.7. The van der Waals surface area contributed by atoms with Gasteiger partial charge in [-0.2, -0.15) is 5.10 Å². The summed E-state index contributed by atoms with van der Waals surface area (Å²) in [7, 11) is 0. The topological polar surface area (TPSA) is 59.8 Å². The molecular weight excluding hydrogens is 344 g/mol. The summed E-state index contributed by atoms with van der Waals surface area (Å²) in [5, 5.41) is 7.51. The first-order chi connectivity index (χ1) is 12.5. The number of nitrogens with one attached hydrogen (secondary N) is 1. The summed E-state index contributed by atoms with van der Waals surface area (Å²) in [6.07, 6.45) is 3.57. The van der Waals surface area contributed by atoms with Crippen molar-refractivity contribution in [3.8, 4) is 5.69 Å². The van der Waals surface area contributed by atoms with Crippen LogP contribution >= 0.6 is 11.8 Å². The Labute approximate surface area is 157 Å². The van der Waals surface area contributed by atoms with Gasteiger partial charge in [0, 0.05) is 24.2 Å². The van der Waals surface area contributed by atoms with Gasteiger partial charge in [-0.05, 0) is 55.7 Å². The molecule has 5 nitrogen and oxygen atoms in total. The lowest BCUT2D eigenvalue weighted by Gasteiger charge is -2.10. The quantitative estimate of drug-likeness (QED) is 0.714. The summed E-state index contributed by atoms with van der Waals surface area (Å²) >= 11 is 1.57. The minimum atomic E-state index is -0.0376. The third-order valence-electron chi connectivity index (χ3n) is 3.77. The molecule has 0 radical (unpaired) electrons. The van der Waals surface area contributed by atoms with Gasteiger partial charge < -0.3 is 5.32 Å². The summed E-state index contributed by atoms with van der Waals surface area (Å²) in [6.45, 7) is 6.03. The van der Waals surface area contributed by atoms with Crippen molar-refractivity contribution in [1.82, 2.24) is 14.8 Å². The van der Waals surface area contributed by atoms with Crippen molar-refractivity contribution >= 4 is 23.5 Å². The molecule has 0 unspecified atom stereocenters. The number of aryl methyl sites for hydroxylation is 3. The first-order valence-corrected chi connectivity index (χ1v) is 9.58. The molecule has 0 saturated carbocycles. The molecule has 1 aromatic carbocycles. The smallest absolute Gasteiger partial charge is 0.235 e. The molecule has 6 heteroatoms. The summed E-state index contributed by atoms with van der Waals surface area (Å²) in [5.41, 5.74) is 5.26. The number of hydrogen-bond donors (Lipinski definition) is 1. The molecule has 26 heavy (non-hydrogen) atoms. The van der Waals surface area contributed by atoms with Crippen LogP contribution in [-0.2, 0) is 10.5 Å². The van der Waals surface area contributed by atoms with Crippen LogP contribution < -0.4 is 5.32 Å². The number of amides is 1. The predicted octanol–water partition coefficient (Wildman–Crippen LogP) is 4.06. The van der Waals surface area contributed by atoms with Gasteiger partial charge in [0.25, 0.3) is 0 Å². The standard InChI is InChI=1S/C20H22N4OS/c1-14-7-15(2)9-18(8-14)24-19(10-16(3)23-24)22-20(25)13-26-12-17-5-4-6-21-11-17/h4-11H,12-13H2,1-3H3,(H,22,25). The number of thioether (sulfide) groups is 1. The van der Waals surface area contributed by atoms with Crippen molar-refractivity contribution in [3.63, 3.8) is 0 Å². The molecule has 0 spiro atoms. The van der Waals surface area contributed by atoms with Crippen LogP contribution in [0.25, 0.3) is 5.69 Å². The average Bonchev–Trinajstić information content (AvgIpc) is 2.95. The zero-order valence-corrected chi connectivity index (χ0v) is 16.0. The molecule has 0 fully saturated rings. The molecule has 2 aromatic heterocycles. The van der Waals surface area contributed by atoms with Crippen LogP contribution in [0.15, 0.2) is 48.8 Å². The number of carbonyl (C=O) groups is 1. The minimum Gasteiger partial charge on any atom is -0.310 e. The zero-order valence-electron chi connectivity index (χ0n) is 15.2. The number of pyridine rings is 1. The Balaban J connectivity index is 1.67. The van der Waals surface area contributed by atoms with Gasteiger partial charge in [-0.3, -0.25) is 9.78 Å². The lowest BCUT2D eigenvalue weighted by molar-refractivity contribution is -0.113. The Morgan fingerprint density at radius 2 is 1.92 bits per heavy atom. The molecule has 0 atom stereocenters. The van der Waals surface area contributed by atoms with Crippen molar-refractivity contribution in [1.29, 1.82) is 0 Å². The first-order valence-electron chi connectivity index (χ1n) is 8.43. The van der Waals surface area contributed by atoms with E-state index in [1.54, 1.807) is 22.6 Å². The number of carbonyl (C=O) groups excluding carboxylic acids is 1. The predicted molar refractivity (Wildman–Crippen MR) is 107 cm³/mol. The van der Waals surface area contributed by atoms with Gasteiger partial charge in [0.15, 0.2) is 0 Å². The van der Waals surface area contributed by atoms with Gasteiger partial charge in [-0.15, -0.1) is 11.8 Å². The summed E-state index contributed by atoms with van der Waals surface area (Å²) in [6, 6.07) is 12.0. The van der Waals surface area contributed by atoms with E-state index in [0.29, 0.717) is 11.6 Å². The van der Waals surface area contributed by atoms with Crippen LogP contribution in [0.4, 0.5) is 5.82 Å². The van der Waals surface area contributed by atoms with Gasteiger partial charge in [0.2, 0.25) is 5.91 Å². The maximum absolute atomic E-state index is 12.3. The number of hydrogen-bond acceptors (Lipinski definition) is 4. The van der Waals surface area contributed by atoms with Crippen LogP contribution in [0.5, 0.6) is 0 Å². The van der Waals surface area contributed by atoms with Crippen molar-refractivity contribution in [2.45, 2.75) is 26.5 Å². The van der Waals surface area contributed by atoms with E-state index in [1.807, 2.05) is 31.3 Å². The number of aromatic nitrogens is 3. The molecular formula is C20H22N4OS. The molecule has 1 amide bonds. The first kappa shape index (κ1) is 18.2. The number of nitrogens with zero attached hydrogens (tertiary/aromatic N) is 3. The van der Waals surface area contributed by atoms with Crippen molar-refractivity contribution in [3.05, 3.63) is 71.2 Å². The molecule has 0 aliphatic rings. The largest absolute Gasteiger partial charge is 0.310 e. The lowest BCUT2D eigenvalue weighted by atomic mass is 10.1. The van der Waals surface area contributed by atoms with Crippen molar-refractivity contribution < 1.29 is 4.79 Å².